The summed E-state index contributed by atoms with van der Waals surface area (Å²) in [6.45, 7) is 8.16. The van der Waals surface area contributed by atoms with Gasteiger partial charge in [-0.2, -0.15) is 0 Å². The van der Waals surface area contributed by atoms with E-state index < -0.39 is 10.0 Å². The van der Waals surface area contributed by atoms with Crippen molar-refractivity contribution < 1.29 is 13.2 Å². The molecule has 1 aromatic carbocycles. The Morgan fingerprint density at radius 2 is 1.78 bits per heavy atom. The van der Waals surface area contributed by atoms with Crippen LogP contribution in [0.2, 0.25) is 0 Å². The molecule has 1 aromatic rings. The molecule has 2 N–H and O–H groups in total. The second-order valence-corrected chi connectivity index (χ2v) is 6.56. The fourth-order valence-electron chi connectivity index (χ4n) is 1.82. The lowest BCUT2D eigenvalue weighted by Crippen LogP contribution is -2.25. The van der Waals surface area contributed by atoms with Gasteiger partial charge in [-0.05, 0) is 37.5 Å². The Bertz CT molecular complexity index is 523. The molecule has 0 spiro atoms. The van der Waals surface area contributed by atoms with E-state index in [1.165, 1.54) is 0 Å². The molecule has 0 aromatic heterocycles. The predicted molar refractivity (Wildman–Crippen MR) is 73.3 cm³/mol. The molecule has 0 aliphatic carbocycles. The van der Waals surface area contributed by atoms with E-state index in [9.17, 15) is 8.42 Å². The number of ether oxygens (including phenoxy) is 1. The third kappa shape index (κ3) is 4.31. The molecule has 0 aliphatic heterocycles. The number of hydrogen-bond donors (Lipinski definition) is 1. The Morgan fingerprint density at radius 1 is 1.22 bits per heavy atom. The van der Waals surface area contributed by atoms with Gasteiger partial charge in [-0.15, -0.1) is 0 Å². The normalized spacial score (nSPS) is 13.4. The van der Waals surface area contributed by atoms with E-state index in [0.717, 1.165) is 22.4 Å². The summed E-state index contributed by atoms with van der Waals surface area (Å²) >= 11 is 0. The van der Waals surface area contributed by atoms with Gasteiger partial charge in [0.15, 0.2) is 0 Å². The van der Waals surface area contributed by atoms with Crippen molar-refractivity contribution in [3.63, 3.8) is 0 Å². The van der Waals surface area contributed by atoms with Crippen molar-refractivity contribution in [3.8, 4) is 5.75 Å². The molecule has 18 heavy (non-hydrogen) atoms. The van der Waals surface area contributed by atoms with E-state index in [1.807, 2.05) is 39.8 Å². The van der Waals surface area contributed by atoms with Crippen molar-refractivity contribution in [2.75, 3.05) is 12.4 Å². The summed E-state index contributed by atoms with van der Waals surface area (Å²) in [5.74, 6) is 0.660. The van der Waals surface area contributed by atoms with Gasteiger partial charge in [-0.3, -0.25) is 0 Å². The molecule has 0 fully saturated rings. The number of sulfonamides is 1. The van der Waals surface area contributed by atoms with Crippen molar-refractivity contribution in [2.24, 2.45) is 11.1 Å². The molecule has 1 atom stereocenters. The average molecular weight is 271 g/mol. The summed E-state index contributed by atoms with van der Waals surface area (Å²) in [4.78, 5) is 0. The molecule has 0 saturated carbocycles. The molecule has 0 bridgehead atoms. The second kappa shape index (κ2) is 5.71. The summed E-state index contributed by atoms with van der Waals surface area (Å²) in [5.41, 5.74) is 3.31. The minimum absolute atomic E-state index is 0.0586. The average Bonchev–Trinajstić information content (AvgIpc) is 2.21. The fourth-order valence-corrected chi connectivity index (χ4v) is 2.71. The van der Waals surface area contributed by atoms with E-state index >= 15 is 0 Å². The van der Waals surface area contributed by atoms with E-state index in [1.54, 1.807) is 0 Å². The maximum atomic E-state index is 11.0. The van der Waals surface area contributed by atoms with E-state index in [2.05, 4.69) is 0 Å². The van der Waals surface area contributed by atoms with Gasteiger partial charge < -0.3 is 4.74 Å². The van der Waals surface area contributed by atoms with Gasteiger partial charge in [0.1, 0.15) is 5.75 Å². The number of primary sulfonamides is 1. The first-order chi connectivity index (χ1) is 8.20. The van der Waals surface area contributed by atoms with Gasteiger partial charge in [0, 0.05) is 5.92 Å². The summed E-state index contributed by atoms with van der Waals surface area (Å²) in [6, 6.07) is 4.05. The van der Waals surface area contributed by atoms with Crippen LogP contribution in [0.4, 0.5) is 0 Å². The van der Waals surface area contributed by atoms with Crippen LogP contribution < -0.4 is 9.88 Å². The number of benzene rings is 1. The zero-order chi connectivity index (χ0) is 13.9. The number of aryl methyl sites for hydroxylation is 2. The quantitative estimate of drug-likeness (QED) is 0.889. The molecular formula is C13H21NO3S. The fraction of sp³-hybridized carbons (Fsp3) is 0.538. The van der Waals surface area contributed by atoms with Gasteiger partial charge in [-0.25, -0.2) is 13.6 Å². The summed E-state index contributed by atoms with van der Waals surface area (Å²) < 4.78 is 27.7. The molecule has 102 valence electrons. The van der Waals surface area contributed by atoms with Crippen LogP contribution in [0.1, 0.15) is 23.6 Å². The van der Waals surface area contributed by atoms with Crippen molar-refractivity contribution >= 4 is 10.0 Å². The van der Waals surface area contributed by atoms with Crippen molar-refractivity contribution in [2.45, 2.75) is 27.7 Å². The monoisotopic (exact) mass is 271 g/mol. The van der Waals surface area contributed by atoms with Crippen LogP contribution in [0.15, 0.2) is 12.1 Å². The Labute approximate surface area is 109 Å². The predicted octanol–water partition coefficient (Wildman–Crippen LogP) is 1.92. The number of nitrogens with two attached hydrogens (primary N) is 1. The maximum Gasteiger partial charge on any atom is 0.209 e. The zero-order valence-corrected chi connectivity index (χ0v) is 12.2. The molecule has 1 rings (SSSR count). The lowest BCUT2D eigenvalue weighted by molar-refractivity contribution is 0.268. The Kier molecular flexibility index (Phi) is 4.76. The van der Waals surface area contributed by atoms with Gasteiger partial charge in [0.2, 0.25) is 10.0 Å². The number of hydrogen-bond acceptors (Lipinski definition) is 3. The Morgan fingerprint density at radius 3 is 2.33 bits per heavy atom. The largest absolute Gasteiger partial charge is 0.493 e. The summed E-state index contributed by atoms with van der Waals surface area (Å²) in [6.07, 6.45) is 0. The molecular weight excluding hydrogens is 250 g/mol. The molecule has 0 aliphatic rings. The van der Waals surface area contributed by atoms with E-state index in [-0.39, 0.29) is 11.7 Å². The van der Waals surface area contributed by atoms with Crippen molar-refractivity contribution in [1.82, 2.24) is 0 Å². The molecule has 0 radical (unpaired) electrons. The third-order valence-electron chi connectivity index (χ3n) is 2.90. The van der Waals surface area contributed by atoms with Gasteiger partial charge >= 0.3 is 0 Å². The summed E-state index contributed by atoms with van der Waals surface area (Å²) in [7, 11) is -3.44. The van der Waals surface area contributed by atoms with Gasteiger partial charge in [0.25, 0.3) is 0 Å². The third-order valence-corrected chi connectivity index (χ3v) is 3.94. The molecule has 4 nitrogen and oxygen atoms in total. The second-order valence-electron chi connectivity index (χ2n) is 4.90. The van der Waals surface area contributed by atoms with Crippen molar-refractivity contribution in [3.05, 3.63) is 28.8 Å². The lowest BCUT2D eigenvalue weighted by Gasteiger charge is -2.16. The maximum absolute atomic E-state index is 11.0. The van der Waals surface area contributed by atoms with Gasteiger partial charge in [0.05, 0.1) is 12.4 Å². The highest BCUT2D eigenvalue weighted by Gasteiger charge is 2.13. The smallest absolute Gasteiger partial charge is 0.209 e. The highest BCUT2D eigenvalue weighted by molar-refractivity contribution is 7.89. The molecule has 0 heterocycles. The highest BCUT2D eigenvalue weighted by atomic mass is 32.2. The van der Waals surface area contributed by atoms with Crippen molar-refractivity contribution in [1.29, 1.82) is 0 Å². The first-order valence-electron chi connectivity index (χ1n) is 5.91. The Balaban J connectivity index is 2.72. The zero-order valence-electron chi connectivity index (χ0n) is 11.4. The van der Waals surface area contributed by atoms with E-state index in [0.29, 0.717) is 6.61 Å². The van der Waals surface area contributed by atoms with Crippen LogP contribution >= 0.6 is 0 Å². The molecule has 0 amide bonds. The molecule has 0 saturated heterocycles. The van der Waals surface area contributed by atoms with Crippen LogP contribution in [0.25, 0.3) is 0 Å². The topological polar surface area (TPSA) is 69.4 Å². The van der Waals surface area contributed by atoms with E-state index in [4.69, 9.17) is 9.88 Å². The standard InChI is InChI=1S/C13H21NO3S/c1-9(8-18(14,15)16)7-17-13-11(3)6-5-10(2)12(13)4/h5-6,9H,7-8H2,1-4H3,(H2,14,15,16). The lowest BCUT2D eigenvalue weighted by atomic mass is 10.1. The summed E-state index contributed by atoms with van der Waals surface area (Å²) in [5, 5.41) is 5.01. The molecule has 5 heteroatoms. The van der Waals surface area contributed by atoms with Crippen LogP contribution in [-0.4, -0.2) is 20.8 Å². The highest BCUT2D eigenvalue weighted by Crippen LogP contribution is 2.26. The first-order valence-corrected chi connectivity index (χ1v) is 7.62. The first kappa shape index (κ1) is 15.0. The molecule has 1 unspecified atom stereocenters. The van der Waals surface area contributed by atoms with Crippen LogP contribution in [0, 0.1) is 26.7 Å². The van der Waals surface area contributed by atoms with Crippen LogP contribution in [-0.2, 0) is 10.0 Å². The number of rotatable bonds is 5. The SMILES string of the molecule is Cc1ccc(C)c(OCC(C)CS(N)(=O)=O)c1C. The van der Waals surface area contributed by atoms with Crippen LogP contribution in [0.5, 0.6) is 5.75 Å². The van der Waals surface area contributed by atoms with Crippen LogP contribution in [0.3, 0.4) is 0 Å². The minimum Gasteiger partial charge on any atom is -0.493 e. The van der Waals surface area contributed by atoms with Gasteiger partial charge in [-0.1, -0.05) is 19.1 Å². The Hall–Kier alpha value is -1.07. The minimum atomic E-state index is -3.44.